The standard InChI is InChI=1S/C15H30O3S/c1-4-5-6-7-8-9-10-11-12-19(18)14(13(2)3)15(16)17/h13-14H,4-12H2,1-3H3,(H,16,17). The van der Waals surface area contributed by atoms with E-state index < -0.39 is 22.0 Å². The molecular weight excluding hydrogens is 260 g/mol. The SMILES string of the molecule is CCCCCCCCCCS(=O)C(C(=O)O)C(C)C. The van der Waals surface area contributed by atoms with E-state index in [2.05, 4.69) is 6.92 Å². The zero-order valence-corrected chi connectivity index (χ0v) is 13.5. The summed E-state index contributed by atoms with van der Waals surface area (Å²) in [6, 6.07) is 0. The summed E-state index contributed by atoms with van der Waals surface area (Å²) < 4.78 is 11.9. The fraction of sp³-hybridized carbons (Fsp3) is 0.933. The highest BCUT2D eigenvalue weighted by Gasteiger charge is 2.27. The lowest BCUT2D eigenvalue weighted by atomic mass is 10.1. The van der Waals surface area contributed by atoms with Crippen molar-refractivity contribution in [2.24, 2.45) is 5.92 Å². The molecule has 19 heavy (non-hydrogen) atoms. The topological polar surface area (TPSA) is 54.4 Å². The highest BCUT2D eigenvalue weighted by molar-refractivity contribution is 7.86. The minimum Gasteiger partial charge on any atom is -0.480 e. The van der Waals surface area contributed by atoms with Crippen LogP contribution in [0.4, 0.5) is 0 Å². The molecule has 2 unspecified atom stereocenters. The van der Waals surface area contributed by atoms with Gasteiger partial charge < -0.3 is 5.11 Å². The number of unbranched alkanes of at least 4 members (excludes halogenated alkanes) is 7. The molecule has 0 bridgehead atoms. The van der Waals surface area contributed by atoms with Crippen LogP contribution < -0.4 is 0 Å². The Balaban J connectivity index is 3.65. The van der Waals surface area contributed by atoms with Gasteiger partial charge in [0, 0.05) is 16.6 Å². The lowest BCUT2D eigenvalue weighted by Gasteiger charge is -2.15. The Bertz CT molecular complexity index is 264. The summed E-state index contributed by atoms with van der Waals surface area (Å²) in [5.74, 6) is -0.454. The molecule has 0 saturated heterocycles. The number of hydrogen-bond donors (Lipinski definition) is 1. The zero-order valence-electron chi connectivity index (χ0n) is 12.7. The maximum absolute atomic E-state index is 11.9. The molecule has 1 N–H and O–H groups in total. The number of carboxylic acid groups (broad SMARTS) is 1. The quantitative estimate of drug-likeness (QED) is 0.553. The molecule has 0 spiro atoms. The van der Waals surface area contributed by atoms with E-state index in [0.717, 1.165) is 12.8 Å². The maximum atomic E-state index is 11.9. The molecule has 0 amide bonds. The maximum Gasteiger partial charge on any atom is 0.319 e. The molecule has 0 aliphatic heterocycles. The van der Waals surface area contributed by atoms with Gasteiger partial charge in [0.05, 0.1) is 0 Å². The van der Waals surface area contributed by atoms with Crippen molar-refractivity contribution in [1.29, 1.82) is 0 Å². The Morgan fingerprint density at radius 3 is 1.89 bits per heavy atom. The van der Waals surface area contributed by atoms with E-state index in [9.17, 15) is 9.00 Å². The van der Waals surface area contributed by atoms with Crippen LogP contribution in [-0.2, 0) is 15.6 Å². The highest BCUT2D eigenvalue weighted by atomic mass is 32.2. The summed E-state index contributed by atoms with van der Waals surface area (Å²) in [5, 5.41) is 8.34. The molecule has 0 heterocycles. The molecular formula is C15H30O3S. The van der Waals surface area contributed by atoms with E-state index >= 15 is 0 Å². The summed E-state index contributed by atoms with van der Waals surface area (Å²) >= 11 is 0. The third-order valence-electron chi connectivity index (χ3n) is 3.33. The number of rotatable bonds is 12. The van der Waals surface area contributed by atoms with Crippen LogP contribution in [0, 0.1) is 5.92 Å². The van der Waals surface area contributed by atoms with Gasteiger partial charge in [-0.3, -0.25) is 9.00 Å². The molecule has 3 nitrogen and oxygen atoms in total. The van der Waals surface area contributed by atoms with E-state index in [1.165, 1.54) is 38.5 Å². The van der Waals surface area contributed by atoms with Crippen LogP contribution in [0.15, 0.2) is 0 Å². The van der Waals surface area contributed by atoms with Crippen molar-refractivity contribution in [3.8, 4) is 0 Å². The summed E-state index contributed by atoms with van der Waals surface area (Å²) in [4.78, 5) is 11.0. The van der Waals surface area contributed by atoms with Crippen molar-refractivity contribution in [3.63, 3.8) is 0 Å². The van der Waals surface area contributed by atoms with E-state index in [1.807, 2.05) is 13.8 Å². The van der Waals surface area contributed by atoms with Crippen LogP contribution in [-0.4, -0.2) is 26.3 Å². The van der Waals surface area contributed by atoms with Crippen molar-refractivity contribution < 1.29 is 14.1 Å². The predicted molar refractivity (Wildman–Crippen MR) is 81.9 cm³/mol. The molecule has 0 aromatic heterocycles. The van der Waals surface area contributed by atoms with Crippen LogP contribution in [0.3, 0.4) is 0 Å². The molecule has 0 rings (SSSR count). The van der Waals surface area contributed by atoms with Crippen LogP contribution in [0.2, 0.25) is 0 Å². The van der Waals surface area contributed by atoms with E-state index in [-0.39, 0.29) is 5.92 Å². The van der Waals surface area contributed by atoms with Gasteiger partial charge in [0.2, 0.25) is 0 Å². The van der Waals surface area contributed by atoms with Crippen molar-refractivity contribution in [1.82, 2.24) is 0 Å². The molecule has 0 aromatic rings. The fourth-order valence-electron chi connectivity index (χ4n) is 2.21. The molecule has 114 valence electrons. The van der Waals surface area contributed by atoms with E-state index in [4.69, 9.17) is 5.11 Å². The predicted octanol–water partition coefficient (Wildman–Crippen LogP) is 3.99. The van der Waals surface area contributed by atoms with Crippen LogP contribution >= 0.6 is 0 Å². The van der Waals surface area contributed by atoms with Crippen molar-refractivity contribution in [3.05, 3.63) is 0 Å². The number of carboxylic acids is 1. The Morgan fingerprint density at radius 1 is 1.00 bits per heavy atom. The Hall–Kier alpha value is -0.380. The third-order valence-corrected chi connectivity index (χ3v) is 5.33. The normalized spacial score (nSPS) is 14.5. The first kappa shape index (κ1) is 18.6. The second-order valence-corrected chi connectivity index (χ2v) is 7.24. The lowest BCUT2D eigenvalue weighted by Crippen LogP contribution is -2.32. The van der Waals surface area contributed by atoms with E-state index in [1.54, 1.807) is 0 Å². The number of hydrogen-bond acceptors (Lipinski definition) is 2. The molecule has 4 heteroatoms. The monoisotopic (exact) mass is 290 g/mol. The van der Waals surface area contributed by atoms with Gasteiger partial charge in [-0.1, -0.05) is 65.7 Å². The van der Waals surface area contributed by atoms with E-state index in [0.29, 0.717) is 5.75 Å². The van der Waals surface area contributed by atoms with Crippen LogP contribution in [0.1, 0.15) is 72.1 Å². The first-order valence-corrected chi connectivity index (χ1v) is 8.98. The zero-order chi connectivity index (χ0) is 14.7. The van der Waals surface area contributed by atoms with Gasteiger partial charge in [0.15, 0.2) is 0 Å². The van der Waals surface area contributed by atoms with Crippen LogP contribution in [0.25, 0.3) is 0 Å². The Morgan fingerprint density at radius 2 is 1.47 bits per heavy atom. The molecule has 0 radical (unpaired) electrons. The van der Waals surface area contributed by atoms with Gasteiger partial charge in [-0.2, -0.15) is 0 Å². The van der Waals surface area contributed by atoms with Crippen molar-refractivity contribution in [2.75, 3.05) is 5.75 Å². The first-order valence-electron chi connectivity index (χ1n) is 7.60. The third kappa shape index (κ3) is 9.20. The number of aliphatic carboxylic acids is 1. The van der Waals surface area contributed by atoms with Crippen molar-refractivity contribution >= 4 is 16.8 Å². The highest BCUT2D eigenvalue weighted by Crippen LogP contribution is 2.13. The summed E-state index contributed by atoms with van der Waals surface area (Å²) in [6.45, 7) is 5.86. The van der Waals surface area contributed by atoms with Crippen LogP contribution in [0.5, 0.6) is 0 Å². The average molecular weight is 290 g/mol. The van der Waals surface area contributed by atoms with Gasteiger partial charge in [0.1, 0.15) is 5.25 Å². The van der Waals surface area contributed by atoms with Gasteiger partial charge in [-0.15, -0.1) is 0 Å². The minimum atomic E-state index is -1.23. The van der Waals surface area contributed by atoms with Gasteiger partial charge >= 0.3 is 5.97 Å². The average Bonchev–Trinajstić information content (AvgIpc) is 2.31. The molecule has 0 fully saturated rings. The van der Waals surface area contributed by atoms with Gasteiger partial charge in [0.25, 0.3) is 0 Å². The molecule has 0 aromatic carbocycles. The Labute approximate surface area is 120 Å². The fourth-order valence-corrected chi connectivity index (χ4v) is 3.78. The number of carbonyl (C=O) groups is 1. The summed E-state index contributed by atoms with van der Waals surface area (Å²) in [6.07, 6.45) is 9.58. The first-order chi connectivity index (χ1) is 9.00. The molecule has 2 atom stereocenters. The molecule has 0 saturated carbocycles. The Kier molecular flexibility index (Phi) is 11.2. The smallest absolute Gasteiger partial charge is 0.319 e. The second kappa shape index (κ2) is 11.4. The van der Waals surface area contributed by atoms with Crippen molar-refractivity contribution in [2.45, 2.75) is 77.4 Å². The second-order valence-electron chi connectivity index (χ2n) is 5.56. The van der Waals surface area contributed by atoms with Gasteiger partial charge in [-0.25, -0.2) is 0 Å². The molecule has 0 aliphatic rings. The largest absolute Gasteiger partial charge is 0.480 e. The summed E-state index contributed by atoms with van der Waals surface area (Å²) in [7, 11) is -1.23. The summed E-state index contributed by atoms with van der Waals surface area (Å²) in [5.41, 5.74) is 0. The minimum absolute atomic E-state index is 0.0626. The van der Waals surface area contributed by atoms with Gasteiger partial charge in [-0.05, 0) is 12.3 Å². The lowest BCUT2D eigenvalue weighted by molar-refractivity contribution is -0.137. The molecule has 0 aliphatic carbocycles.